The molecule has 7 heteroatoms. The topological polar surface area (TPSA) is 75.9 Å². The lowest BCUT2D eigenvalue weighted by Gasteiger charge is -2.10. The monoisotopic (exact) mass is 295 g/mol. The van der Waals surface area contributed by atoms with E-state index in [2.05, 4.69) is 46.6 Å². The average Bonchev–Trinajstić information content (AvgIpc) is 2.93. The summed E-state index contributed by atoms with van der Waals surface area (Å²) in [6.45, 7) is 10.8. The van der Waals surface area contributed by atoms with Crippen molar-refractivity contribution in [1.29, 1.82) is 0 Å². The number of thiazole rings is 1. The summed E-state index contributed by atoms with van der Waals surface area (Å²) in [6, 6.07) is 0.941. The first-order valence-corrected chi connectivity index (χ1v) is 7.53. The molecule has 2 aromatic heterocycles. The zero-order chi connectivity index (χ0) is 14.7. The molecular formula is C13H21N5OS. The van der Waals surface area contributed by atoms with Crippen LogP contribution in [0.15, 0.2) is 4.42 Å². The van der Waals surface area contributed by atoms with Crippen LogP contribution in [0, 0.1) is 13.8 Å². The Bertz CT molecular complexity index is 563. The van der Waals surface area contributed by atoms with Crippen LogP contribution >= 0.6 is 11.3 Å². The fraction of sp³-hybridized carbons (Fsp3) is 0.615. The van der Waals surface area contributed by atoms with Gasteiger partial charge in [0.05, 0.1) is 23.3 Å². The minimum absolute atomic E-state index is 0.104. The molecule has 0 saturated carbocycles. The van der Waals surface area contributed by atoms with Crippen LogP contribution in [-0.4, -0.2) is 21.2 Å². The lowest BCUT2D eigenvalue weighted by atomic mass is 10.2. The lowest BCUT2D eigenvalue weighted by molar-refractivity contribution is 0.456. The highest BCUT2D eigenvalue weighted by Gasteiger charge is 2.15. The Morgan fingerprint density at radius 1 is 1.20 bits per heavy atom. The van der Waals surface area contributed by atoms with Crippen molar-refractivity contribution in [3.05, 3.63) is 21.5 Å². The summed E-state index contributed by atoms with van der Waals surface area (Å²) in [5, 5.41) is 15.6. The summed E-state index contributed by atoms with van der Waals surface area (Å²) in [7, 11) is 0. The highest BCUT2D eigenvalue weighted by atomic mass is 32.1. The molecule has 1 atom stereocenters. The van der Waals surface area contributed by atoms with Gasteiger partial charge in [0.2, 0.25) is 5.89 Å². The largest absolute Gasteiger partial charge is 0.407 e. The number of rotatable bonds is 6. The first-order chi connectivity index (χ1) is 9.45. The van der Waals surface area contributed by atoms with Gasteiger partial charge in [0.1, 0.15) is 0 Å². The van der Waals surface area contributed by atoms with E-state index in [1.165, 1.54) is 4.88 Å². The third-order valence-corrected chi connectivity index (χ3v) is 4.06. The van der Waals surface area contributed by atoms with Crippen molar-refractivity contribution in [2.45, 2.75) is 53.2 Å². The summed E-state index contributed by atoms with van der Waals surface area (Å²) in [4.78, 5) is 5.63. The minimum Gasteiger partial charge on any atom is -0.407 e. The molecule has 0 bridgehead atoms. The number of aryl methyl sites for hydroxylation is 2. The van der Waals surface area contributed by atoms with Gasteiger partial charge in [-0.1, -0.05) is 18.9 Å². The van der Waals surface area contributed by atoms with E-state index in [1.54, 1.807) is 11.3 Å². The Morgan fingerprint density at radius 2 is 1.95 bits per heavy atom. The van der Waals surface area contributed by atoms with Gasteiger partial charge in [0.25, 0.3) is 0 Å². The Balaban J connectivity index is 1.98. The maximum absolute atomic E-state index is 5.56. The number of aromatic nitrogens is 3. The van der Waals surface area contributed by atoms with Crippen LogP contribution in [0.2, 0.25) is 0 Å². The molecular weight excluding hydrogens is 274 g/mol. The highest BCUT2D eigenvalue weighted by molar-refractivity contribution is 7.11. The fourth-order valence-corrected chi connectivity index (χ4v) is 2.80. The van der Waals surface area contributed by atoms with Gasteiger partial charge >= 0.3 is 6.01 Å². The molecule has 0 aliphatic rings. The van der Waals surface area contributed by atoms with Crippen molar-refractivity contribution in [1.82, 2.24) is 20.5 Å². The molecule has 0 amide bonds. The third-order valence-electron chi connectivity index (χ3n) is 2.80. The molecule has 2 N–H and O–H groups in total. The molecule has 0 fully saturated rings. The van der Waals surface area contributed by atoms with Crippen molar-refractivity contribution in [2.24, 2.45) is 0 Å². The van der Waals surface area contributed by atoms with Crippen molar-refractivity contribution < 1.29 is 4.42 Å². The van der Waals surface area contributed by atoms with Crippen LogP contribution in [-0.2, 0) is 6.54 Å². The number of hydrogen-bond donors (Lipinski definition) is 2. The van der Waals surface area contributed by atoms with Crippen molar-refractivity contribution in [3.63, 3.8) is 0 Å². The molecule has 2 aromatic rings. The standard InChI is InChI=1S/C13H21N5OS/c1-7(2)14-6-11-17-18-13(19-11)16-9(4)12-8(3)15-10(5)20-12/h7,9,14H,6H2,1-5H3,(H,16,18). The summed E-state index contributed by atoms with van der Waals surface area (Å²) < 4.78 is 5.56. The zero-order valence-electron chi connectivity index (χ0n) is 12.5. The van der Waals surface area contributed by atoms with Gasteiger partial charge in [-0.3, -0.25) is 0 Å². The van der Waals surface area contributed by atoms with E-state index in [0.29, 0.717) is 24.5 Å². The minimum atomic E-state index is 0.104. The van der Waals surface area contributed by atoms with Gasteiger partial charge in [-0.25, -0.2) is 4.98 Å². The molecule has 110 valence electrons. The van der Waals surface area contributed by atoms with E-state index in [1.807, 2.05) is 13.8 Å². The van der Waals surface area contributed by atoms with Crippen LogP contribution in [0.5, 0.6) is 0 Å². The van der Waals surface area contributed by atoms with E-state index in [9.17, 15) is 0 Å². The predicted octanol–water partition coefficient (Wildman–Crippen LogP) is 2.81. The number of nitrogens with one attached hydrogen (secondary N) is 2. The normalized spacial score (nSPS) is 12.9. The molecule has 2 rings (SSSR count). The van der Waals surface area contributed by atoms with Gasteiger partial charge in [-0.2, -0.15) is 0 Å². The Morgan fingerprint density at radius 3 is 2.55 bits per heavy atom. The number of nitrogens with zero attached hydrogens (tertiary/aromatic N) is 3. The van der Waals surface area contributed by atoms with Gasteiger partial charge < -0.3 is 15.1 Å². The van der Waals surface area contributed by atoms with Crippen LogP contribution in [0.4, 0.5) is 6.01 Å². The maximum Gasteiger partial charge on any atom is 0.316 e. The predicted molar refractivity (Wildman–Crippen MR) is 79.9 cm³/mol. The van der Waals surface area contributed by atoms with Crippen molar-refractivity contribution in [2.75, 3.05) is 5.32 Å². The van der Waals surface area contributed by atoms with E-state index in [4.69, 9.17) is 4.42 Å². The van der Waals surface area contributed by atoms with Crippen LogP contribution in [0.1, 0.15) is 48.3 Å². The zero-order valence-corrected chi connectivity index (χ0v) is 13.3. The number of hydrogen-bond acceptors (Lipinski definition) is 7. The first-order valence-electron chi connectivity index (χ1n) is 6.72. The van der Waals surface area contributed by atoms with Crippen LogP contribution < -0.4 is 10.6 Å². The van der Waals surface area contributed by atoms with E-state index in [0.717, 1.165) is 10.7 Å². The summed E-state index contributed by atoms with van der Waals surface area (Å²) in [6.07, 6.45) is 0. The molecule has 20 heavy (non-hydrogen) atoms. The van der Waals surface area contributed by atoms with Crippen LogP contribution in [0.25, 0.3) is 0 Å². The van der Waals surface area contributed by atoms with E-state index < -0.39 is 0 Å². The summed E-state index contributed by atoms with van der Waals surface area (Å²) in [5.41, 5.74) is 1.05. The van der Waals surface area contributed by atoms with Crippen molar-refractivity contribution in [3.8, 4) is 0 Å². The lowest BCUT2D eigenvalue weighted by Crippen LogP contribution is -2.21. The van der Waals surface area contributed by atoms with Gasteiger partial charge in [0, 0.05) is 10.9 Å². The second-order valence-electron chi connectivity index (χ2n) is 5.09. The molecule has 0 aromatic carbocycles. The van der Waals surface area contributed by atoms with E-state index in [-0.39, 0.29) is 6.04 Å². The molecule has 0 radical (unpaired) electrons. The molecule has 1 unspecified atom stereocenters. The van der Waals surface area contributed by atoms with Gasteiger partial charge in [-0.05, 0) is 20.8 Å². The average molecular weight is 295 g/mol. The second-order valence-corrected chi connectivity index (χ2v) is 6.32. The Labute approximate surface area is 123 Å². The molecule has 2 heterocycles. The molecule has 0 aliphatic heterocycles. The molecule has 6 nitrogen and oxygen atoms in total. The SMILES string of the molecule is Cc1nc(C)c(C(C)Nc2nnc(CNC(C)C)o2)s1. The molecule has 0 aliphatic carbocycles. The fourth-order valence-electron chi connectivity index (χ4n) is 1.87. The summed E-state index contributed by atoms with van der Waals surface area (Å²) >= 11 is 1.69. The molecule has 0 saturated heterocycles. The quantitative estimate of drug-likeness (QED) is 0.853. The second kappa shape index (κ2) is 6.32. The highest BCUT2D eigenvalue weighted by Crippen LogP contribution is 2.26. The van der Waals surface area contributed by atoms with Gasteiger partial charge in [0.15, 0.2) is 0 Å². The van der Waals surface area contributed by atoms with Gasteiger partial charge in [-0.15, -0.1) is 16.4 Å². The van der Waals surface area contributed by atoms with Crippen molar-refractivity contribution >= 4 is 17.4 Å². The Hall–Kier alpha value is -1.47. The molecule has 0 spiro atoms. The summed E-state index contributed by atoms with van der Waals surface area (Å²) in [5.74, 6) is 0.589. The number of anilines is 1. The van der Waals surface area contributed by atoms with E-state index >= 15 is 0 Å². The smallest absolute Gasteiger partial charge is 0.316 e. The van der Waals surface area contributed by atoms with Crippen LogP contribution in [0.3, 0.4) is 0 Å². The maximum atomic E-state index is 5.56. The third kappa shape index (κ3) is 3.77. The first kappa shape index (κ1) is 14.9. The Kier molecular flexibility index (Phi) is 4.72.